The van der Waals surface area contributed by atoms with Gasteiger partial charge in [0.2, 0.25) is 5.75 Å². The van der Waals surface area contributed by atoms with Crippen LogP contribution in [0.2, 0.25) is 0 Å². The maximum atomic E-state index is 12.3. The molecular formula is C22H23NO6S. The van der Waals surface area contributed by atoms with Crippen LogP contribution in [0.5, 0.6) is 23.0 Å². The standard InChI is InChI=1S/C22H23NO6S/c1-25-17-7-5-6-15(11-17)22-23-16(13-30-22)12-29-20(24)10-14-8-18(26-2)21(28-4)19(9-14)27-3/h5-9,11,13H,10,12H2,1-4H3. The Bertz CT molecular complexity index is 991. The maximum Gasteiger partial charge on any atom is 0.310 e. The van der Waals surface area contributed by atoms with E-state index in [0.717, 1.165) is 16.3 Å². The number of aromatic nitrogens is 1. The van der Waals surface area contributed by atoms with Crippen molar-refractivity contribution in [1.29, 1.82) is 0 Å². The predicted molar refractivity (Wildman–Crippen MR) is 114 cm³/mol. The van der Waals surface area contributed by atoms with Gasteiger partial charge in [-0.1, -0.05) is 12.1 Å². The molecule has 0 fully saturated rings. The third-order valence-electron chi connectivity index (χ3n) is 4.32. The van der Waals surface area contributed by atoms with Gasteiger partial charge in [-0.05, 0) is 29.8 Å². The average molecular weight is 429 g/mol. The monoisotopic (exact) mass is 429 g/mol. The van der Waals surface area contributed by atoms with Gasteiger partial charge in [0, 0.05) is 10.9 Å². The number of carbonyl (C=O) groups is 1. The molecule has 0 aliphatic rings. The van der Waals surface area contributed by atoms with Crippen LogP contribution in [0.1, 0.15) is 11.3 Å². The minimum absolute atomic E-state index is 0.0730. The number of methoxy groups -OCH3 is 4. The summed E-state index contributed by atoms with van der Waals surface area (Å²) in [5.74, 6) is 1.84. The van der Waals surface area contributed by atoms with Gasteiger partial charge in [-0.25, -0.2) is 4.98 Å². The van der Waals surface area contributed by atoms with Gasteiger partial charge in [0.1, 0.15) is 17.4 Å². The summed E-state index contributed by atoms with van der Waals surface area (Å²) < 4.78 is 26.6. The van der Waals surface area contributed by atoms with Gasteiger partial charge in [-0.3, -0.25) is 4.79 Å². The number of benzene rings is 2. The molecule has 0 saturated carbocycles. The Balaban J connectivity index is 1.63. The van der Waals surface area contributed by atoms with Gasteiger partial charge in [0.25, 0.3) is 0 Å². The molecule has 0 bridgehead atoms. The average Bonchev–Trinajstić information content (AvgIpc) is 3.26. The van der Waals surface area contributed by atoms with Crippen molar-refractivity contribution in [2.24, 2.45) is 0 Å². The quantitative estimate of drug-likeness (QED) is 0.473. The van der Waals surface area contributed by atoms with Crippen LogP contribution in [-0.2, 0) is 22.6 Å². The minimum Gasteiger partial charge on any atom is -0.497 e. The summed E-state index contributed by atoms with van der Waals surface area (Å²) in [7, 11) is 6.21. The van der Waals surface area contributed by atoms with Crippen molar-refractivity contribution in [2.45, 2.75) is 13.0 Å². The van der Waals surface area contributed by atoms with Crippen molar-refractivity contribution in [2.75, 3.05) is 28.4 Å². The number of hydrogen-bond acceptors (Lipinski definition) is 8. The van der Waals surface area contributed by atoms with E-state index in [0.29, 0.717) is 28.5 Å². The van der Waals surface area contributed by atoms with Gasteiger partial charge in [-0.15, -0.1) is 11.3 Å². The van der Waals surface area contributed by atoms with Gasteiger partial charge >= 0.3 is 5.97 Å². The molecule has 0 radical (unpaired) electrons. The zero-order chi connectivity index (χ0) is 21.5. The van der Waals surface area contributed by atoms with Crippen LogP contribution in [-0.4, -0.2) is 39.4 Å². The van der Waals surface area contributed by atoms with E-state index in [1.807, 2.05) is 29.6 Å². The summed E-state index contributed by atoms with van der Waals surface area (Å²) in [6.07, 6.45) is 0.0730. The highest BCUT2D eigenvalue weighted by Gasteiger charge is 2.16. The highest BCUT2D eigenvalue weighted by Crippen LogP contribution is 2.38. The summed E-state index contributed by atoms with van der Waals surface area (Å²) >= 11 is 1.49. The van der Waals surface area contributed by atoms with Crippen LogP contribution < -0.4 is 18.9 Å². The number of esters is 1. The third kappa shape index (κ3) is 5.01. The molecule has 0 amide bonds. The van der Waals surface area contributed by atoms with Crippen LogP contribution in [0.15, 0.2) is 41.8 Å². The van der Waals surface area contributed by atoms with Crippen LogP contribution >= 0.6 is 11.3 Å². The molecule has 30 heavy (non-hydrogen) atoms. The van der Waals surface area contributed by atoms with E-state index in [1.54, 1.807) is 19.2 Å². The maximum absolute atomic E-state index is 12.3. The lowest BCUT2D eigenvalue weighted by Crippen LogP contribution is -2.09. The minimum atomic E-state index is -0.375. The topological polar surface area (TPSA) is 76.1 Å². The molecule has 0 atom stereocenters. The Kier molecular flexibility index (Phi) is 7.13. The van der Waals surface area contributed by atoms with Crippen LogP contribution in [0.4, 0.5) is 0 Å². The highest BCUT2D eigenvalue weighted by atomic mass is 32.1. The second kappa shape index (κ2) is 9.98. The van der Waals surface area contributed by atoms with Crippen molar-refractivity contribution in [3.8, 4) is 33.6 Å². The predicted octanol–water partition coefficient (Wildman–Crippen LogP) is 4.13. The van der Waals surface area contributed by atoms with Crippen LogP contribution in [0.3, 0.4) is 0 Å². The van der Waals surface area contributed by atoms with E-state index < -0.39 is 0 Å². The fourth-order valence-electron chi connectivity index (χ4n) is 2.87. The van der Waals surface area contributed by atoms with Crippen molar-refractivity contribution in [3.05, 3.63) is 53.0 Å². The number of carbonyl (C=O) groups excluding carboxylic acids is 1. The van der Waals surface area contributed by atoms with E-state index in [4.69, 9.17) is 23.7 Å². The number of rotatable bonds is 9. The summed E-state index contributed by atoms with van der Waals surface area (Å²) in [4.78, 5) is 16.9. The molecule has 8 heteroatoms. The van der Waals surface area contributed by atoms with Crippen molar-refractivity contribution < 1.29 is 28.5 Å². The number of thiazole rings is 1. The molecular weight excluding hydrogens is 406 g/mol. The van der Waals surface area contributed by atoms with Crippen LogP contribution in [0.25, 0.3) is 10.6 Å². The lowest BCUT2D eigenvalue weighted by atomic mass is 10.1. The molecule has 0 saturated heterocycles. The first-order valence-electron chi connectivity index (χ1n) is 9.11. The molecule has 2 aromatic carbocycles. The molecule has 0 unspecified atom stereocenters. The molecule has 7 nitrogen and oxygen atoms in total. The highest BCUT2D eigenvalue weighted by molar-refractivity contribution is 7.13. The molecule has 1 heterocycles. The van der Waals surface area contributed by atoms with E-state index in [9.17, 15) is 4.79 Å². The van der Waals surface area contributed by atoms with E-state index in [-0.39, 0.29) is 19.0 Å². The lowest BCUT2D eigenvalue weighted by molar-refractivity contribution is -0.144. The fraction of sp³-hybridized carbons (Fsp3) is 0.273. The van der Waals surface area contributed by atoms with Crippen molar-refractivity contribution in [3.63, 3.8) is 0 Å². The summed E-state index contributed by atoms with van der Waals surface area (Å²) in [5, 5.41) is 2.71. The molecule has 0 aliphatic heterocycles. The van der Waals surface area contributed by atoms with Gasteiger partial charge in [0.15, 0.2) is 11.5 Å². The Morgan fingerprint density at radius 2 is 1.70 bits per heavy atom. The number of nitrogens with zero attached hydrogens (tertiary/aromatic N) is 1. The number of ether oxygens (including phenoxy) is 5. The van der Waals surface area contributed by atoms with E-state index in [1.165, 1.54) is 32.7 Å². The van der Waals surface area contributed by atoms with Crippen LogP contribution in [0, 0.1) is 0 Å². The molecule has 158 valence electrons. The van der Waals surface area contributed by atoms with Crippen molar-refractivity contribution in [1.82, 2.24) is 4.98 Å². The molecule has 0 N–H and O–H groups in total. The van der Waals surface area contributed by atoms with Gasteiger partial charge in [0.05, 0.1) is 40.6 Å². The molecule has 3 rings (SSSR count). The zero-order valence-electron chi connectivity index (χ0n) is 17.3. The van der Waals surface area contributed by atoms with Gasteiger partial charge < -0.3 is 23.7 Å². The Morgan fingerprint density at radius 1 is 0.967 bits per heavy atom. The molecule has 1 aromatic heterocycles. The fourth-order valence-corrected chi connectivity index (χ4v) is 3.67. The molecule has 0 spiro atoms. The second-order valence-electron chi connectivity index (χ2n) is 6.25. The largest absolute Gasteiger partial charge is 0.497 e. The first kappa shape index (κ1) is 21.4. The summed E-state index contributed by atoms with van der Waals surface area (Å²) in [5.41, 5.74) is 2.34. The normalized spacial score (nSPS) is 10.4. The number of hydrogen-bond donors (Lipinski definition) is 0. The zero-order valence-corrected chi connectivity index (χ0v) is 18.1. The second-order valence-corrected chi connectivity index (χ2v) is 7.11. The summed E-state index contributed by atoms with van der Waals surface area (Å²) in [6, 6.07) is 11.1. The van der Waals surface area contributed by atoms with Gasteiger partial charge in [-0.2, -0.15) is 0 Å². The Morgan fingerprint density at radius 3 is 2.33 bits per heavy atom. The summed E-state index contributed by atoms with van der Waals surface area (Å²) in [6.45, 7) is 0.101. The first-order chi connectivity index (χ1) is 14.6. The SMILES string of the molecule is COc1cccc(-c2nc(COC(=O)Cc3cc(OC)c(OC)c(OC)c3)cs2)c1. The lowest BCUT2D eigenvalue weighted by Gasteiger charge is -2.13. The first-order valence-corrected chi connectivity index (χ1v) is 9.99. The molecule has 0 aliphatic carbocycles. The van der Waals surface area contributed by atoms with E-state index in [2.05, 4.69) is 4.98 Å². The van der Waals surface area contributed by atoms with E-state index >= 15 is 0 Å². The third-order valence-corrected chi connectivity index (χ3v) is 5.26. The Labute approximate surface area is 179 Å². The Hall–Kier alpha value is -3.26. The molecule has 3 aromatic rings. The van der Waals surface area contributed by atoms with Crippen molar-refractivity contribution >= 4 is 17.3 Å². The smallest absolute Gasteiger partial charge is 0.310 e.